The molecule has 22 heavy (non-hydrogen) atoms. The number of anilines is 1. The fourth-order valence-electron chi connectivity index (χ4n) is 3.32. The summed E-state index contributed by atoms with van der Waals surface area (Å²) in [4.78, 5) is 7.05. The maximum Gasteiger partial charge on any atom is 0.130 e. The van der Waals surface area contributed by atoms with Crippen LogP contribution in [0.3, 0.4) is 0 Å². The average Bonchev–Trinajstić information content (AvgIpc) is 3.25. The van der Waals surface area contributed by atoms with Crippen molar-refractivity contribution in [1.82, 2.24) is 14.8 Å². The second-order valence-electron chi connectivity index (χ2n) is 6.34. The Bertz CT molecular complexity index is 771. The van der Waals surface area contributed by atoms with E-state index in [0.717, 1.165) is 48.4 Å². The van der Waals surface area contributed by atoms with E-state index in [-0.39, 0.29) is 5.41 Å². The van der Waals surface area contributed by atoms with Crippen LogP contribution in [0, 0.1) is 11.3 Å². The zero-order valence-electron chi connectivity index (χ0n) is 12.9. The van der Waals surface area contributed by atoms with Gasteiger partial charge < -0.3 is 9.64 Å². The van der Waals surface area contributed by atoms with Gasteiger partial charge in [-0.05, 0) is 25.8 Å². The summed E-state index contributed by atoms with van der Waals surface area (Å²) in [6.07, 6.45) is 3.64. The van der Waals surface area contributed by atoms with Crippen LogP contribution in [0.1, 0.15) is 25.3 Å². The molecule has 2 aliphatic rings. The van der Waals surface area contributed by atoms with Crippen LogP contribution >= 0.6 is 0 Å². The van der Waals surface area contributed by atoms with Crippen molar-refractivity contribution in [2.45, 2.75) is 31.2 Å². The maximum atomic E-state index is 9.62. The van der Waals surface area contributed by atoms with Gasteiger partial charge in [0, 0.05) is 19.2 Å². The number of aromatic nitrogens is 3. The molecule has 4 rings (SSSR count). The SMILES string of the molecule is C[C@@H]1COCCN1c1cc(C2(C#N)CC2)c2c(cnn2C)n1. The molecule has 0 N–H and O–H groups in total. The number of aryl methyl sites for hydroxylation is 1. The first kappa shape index (κ1) is 13.5. The highest BCUT2D eigenvalue weighted by molar-refractivity contribution is 5.83. The van der Waals surface area contributed by atoms with Crippen molar-refractivity contribution in [3.05, 3.63) is 17.8 Å². The van der Waals surface area contributed by atoms with E-state index in [1.165, 1.54) is 0 Å². The molecule has 1 atom stereocenters. The highest BCUT2D eigenvalue weighted by Gasteiger charge is 2.47. The Kier molecular flexibility index (Phi) is 2.88. The summed E-state index contributed by atoms with van der Waals surface area (Å²) in [5.74, 6) is 0.938. The second-order valence-corrected chi connectivity index (χ2v) is 6.34. The molecule has 6 heteroatoms. The first-order valence-corrected chi connectivity index (χ1v) is 7.73. The third-order valence-corrected chi connectivity index (χ3v) is 4.82. The van der Waals surface area contributed by atoms with Crippen LogP contribution < -0.4 is 4.90 Å². The lowest BCUT2D eigenvalue weighted by atomic mass is 9.96. The van der Waals surface area contributed by atoms with Gasteiger partial charge in [0.2, 0.25) is 0 Å². The van der Waals surface area contributed by atoms with Gasteiger partial charge in [0.25, 0.3) is 0 Å². The summed E-state index contributed by atoms with van der Waals surface area (Å²) in [7, 11) is 1.91. The number of hydrogen-bond acceptors (Lipinski definition) is 5. The van der Waals surface area contributed by atoms with Gasteiger partial charge in [-0.25, -0.2) is 4.98 Å². The van der Waals surface area contributed by atoms with Crippen LogP contribution in [0.15, 0.2) is 12.3 Å². The number of hydrogen-bond donors (Lipinski definition) is 0. The maximum absolute atomic E-state index is 9.62. The standard InChI is InChI=1S/C16H19N5O/c1-11-9-22-6-5-21(11)14-7-12(16(10-17)3-4-16)15-13(19-14)8-18-20(15)2/h7-8,11H,3-6,9H2,1-2H3/t11-/m1/s1. The van der Waals surface area contributed by atoms with Gasteiger partial charge in [0.15, 0.2) is 0 Å². The monoisotopic (exact) mass is 297 g/mol. The lowest BCUT2D eigenvalue weighted by molar-refractivity contribution is 0.0985. The summed E-state index contributed by atoms with van der Waals surface area (Å²) >= 11 is 0. The van der Waals surface area contributed by atoms with E-state index < -0.39 is 0 Å². The molecule has 2 aromatic rings. The number of nitrogens with zero attached hydrogens (tertiary/aromatic N) is 5. The summed E-state index contributed by atoms with van der Waals surface area (Å²) in [5.41, 5.74) is 2.59. The van der Waals surface area contributed by atoms with E-state index in [9.17, 15) is 5.26 Å². The molecule has 0 radical (unpaired) electrons. The highest BCUT2D eigenvalue weighted by Crippen LogP contribution is 2.50. The molecule has 3 heterocycles. The Labute approximate surface area is 129 Å². The van der Waals surface area contributed by atoms with E-state index in [0.29, 0.717) is 12.6 Å². The quantitative estimate of drug-likeness (QED) is 0.845. The molecule has 0 spiro atoms. The molecule has 0 amide bonds. The lowest BCUT2D eigenvalue weighted by Gasteiger charge is -2.34. The number of rotatable bonds is 2. The molecule has 0 unspecified atom stereocenters. The van der Waals surface area contributed by atoms with Crippen LogP contribution in [0.25, 0.3) is 11.0 Å². The van der Waals surface area contributed by atoms with E-state index in [4.69, 9.17) is 9.72 Å². The molecule has 1 saturated heterocycles. The Morgan fingerprint density at radius 3 is 2.95 bits per heavy atom. The van der Waals surface area contributed by atoms with Crippen LogP contribution in [0.4, 0.5) is 5.82 Å². The predicted molar refractivity (Wildman–Crippen MR) is 82.7 cm³/mol. The van der Waals surface area contributed by atoms with Crippen molar-refractivity contribution in [2.24, 2.45) is 7.05 Å². The molecule has 114 valence electrons. The Balaban J connectivity index is 1.89. The number of fused-ring (bicyclic) bond motifs is 1. The topological polar surface area (TPSA) is 67.0 Å². The van der Waals surface area contributed by atoms with Crippen molar-refractivity contribution < 1.29 is 4.74 Å². The molecular weight excluding hydrogens is 278 g/mol. The summed E-state index contributed by atoms with van der Waals surface area (Å²) < 4.78 is 7.35. The molecule has 6 nitrogen and oxygen atoms in total. The van der Waals surface area contributed by atoms with E-state index in [1.807, 2.05) is 11.7 Å². The normalized spacial score (nSPS) is 23.5. The van der Waals surface area contributed by atoms with Crippen molar-refractivity contribution in [2.75, 3.05) is 24.7 Å². The van der Waals surface area contributed by atoms with Crippen molar-refractivity contribution >= 4 is 16.9 Å². The van der Waals surface area contributed by atoms with Crippen molar-refractivity contribution in [3.63, 3.8) is 0 Å². The highest BCUT2D eigenvalue weighted by atomic mass is 16.5. The van der Waals surface area contributed by atoms with Gasteiger partial charge in [-0.3, -0.25) is 4.68 Å². The van der Waals surface area contributed by atoms with E-state index in [1.54, 1.807) is 6.20 Å². The minimum Gasteiger partial charge on any atom is -0.377 e. The minimum atomic E-state index is -0.348. The number of pyridine rings is 1. The molecule has 2 aromatic heterocycles. The van der Waals surface area contributed by atoms with Gasteiger partial charge in [-0.15, -0.1) is 0 Å². The zero-order chi connectivity index (χ0) is 15.3. The first-order chi connectivity index (χ1) is 10.6. The van der Waals surface area contributed by atoms with Crippen LogP contribution in [-0.2, 0) is 17.2 Å². The number of nitriles is 1. The molecular formula is C16H19N5O. The van der Waals surface area contributed by atoms with Gasteiger partial charge in [0.1, 0.15) is 11.3 Å². The molecule has 0 aromatic carbocycles. The van der Waals surface area contributed by atoms with E-state index in [2.05, 4.69) is 29.1 Å². The lowest BCUT2D eigenvalue weighted by Crippen LogP contribution is -2.44. The fourth-order valence-corrected chi connectivity index (χ4v) is 3.32. The first-order valence-electron chi connectivity index (χ1n) is 7.73. The average molecular weight is 297 g/mol. The molecule has 1 aliphatic carbocycles. The number of ether oxygens (including phenoxy) is 1. The van der Waals surface area contributed by atoms with Crippen LogP contribution in [0.2, 0.25) is 0 Å². The molecule has 0 bridgehead atoms. The summed E-state index contributed by atoms with van der Waals surface area (Å²) in [6.45, 7) is 4.41. The van der Waals surface area contributed by atoms with Gasteiger partial charge >= 0.3 is 0 Å². The van der Waals surface area contributed by atoms with Crippen molar-refractivity contribution in [3.8, 4) is 6.07 Å². The van der Waals surface area contributed by atoms with Gasteiger partial charge in [-0.2, -0.15) is 10.4 Å². The third-order valence-electron chi connectivity index (χ3n) is 4.82. The third kappa shape index (κ3) is 1.89. The Hall–Kier alpha value is -2.13. The van der Waals surface area contributed by atoms with Crippen LogP contribution in [-0.4, -0.2) is 40.6 Å². The minimum absolute atomic E-state index is 0.292. The smallest absolute Gasteiger partial charge is 0.130 e. The Morgan fingerprint density at radius 2 is 2.27 bits per heavy atom. The van der Waals surface area contributed by atoms with Crippen LogP contribution in [0.5, 0.6) is 0 Å². The van der Waals surface area contributed by atoms with Gasteiger partial charge in [-0.1, -0.05) is 0 Å². The largest absolute Gasteiger partial charge is 0.377 e. The summed E-state index contributed by atoms with van der Waals surface area (Å²) in [6, 6.07) is 4.90. The molecule has 1 aliphatic heterocycles. The molecule has 1 saturated carbocycles. The Morgan fingerprint density at radius 1 is 1.45 bits per heavy atom. The zero-order valence-corrected chi connectivity index (χ0v) is 12.9. The summed E-state index contributed by atoms with van der Waals surface area (Å²) in [5, 5.41) is 14.0. The van der Waals surface area contributed by atoms with Gasteiger partial charge in [0.05, 0.1) is 42.5 Å². The predicted octanol–water partition coefficient (Wildman–Crippen LogP) is 1.75. The van der Waals surface area contributed by atoms with Crippen molar-refractivity contribution in [1.29, 1.82) is 5.26 Å². The van der Waals surface area contributed by atoms with E-state index >= 15 is 0 Å². The fraction of sp³-hybridized carbons (Fsp3) is 0.562. The second kappa shape index (κ2) is 4.68. The number of morpholine rings is 1. The molecule has 2 fully saturated rings.